The van der Waals surface area contributed by atoms with E-state index in [0.29, 0.717) is 24.3 Å². The van der Waals surface area contributed by atoms with Gasteiger partial charge in [-0.3, -0.25) is 19.3 Å². The maximum absolute atomic E-state index is 12.1. The predicted molar refractivity (Wildman–Crippen MR) is 91.6 cm³/mol. The van der Waals surface area contributed by atoms with Gasteiger partial charge in [0.1, 0.15) is 6.54 Å². The zero-order valence-electron chi connectivity index (χ0n) is 14.6. The fourth-order valence-electron chi connectivity index (χ4n) is 2.63. The number of benzene rings is 1. The molecule has 0 saturated carbocycles. The second-order valence-electron chi connectivity index (χ2n) is 6.01. The van der Waals surface area contributed by atoms with E-state index in [1.165, 1.54) is 0 Å². The first-order chi connectivity index (χ1) is 12.0. The third kappa shape index (κ3) is 4.43. The minimum absolute atomic E-state index is 0.200. The van der Waals surface area contributed by atoms with E-state index in [4.69, 9.17) is 0 Å². The molecule has 25 heavy (non-hydrogen) atoms. The van der Waals surface area contributed by atoms with Crippen molar-refractivity contribution >= 4 is 23.8 Å². The van der Waals surface area contributed by atoms with Gasteiger partial charge >= 0.3 is 17.8 Å². The number of rotatable bonds is 8. The van der Waals surface area contributed by atoms with Gasteiger partial charge in [0.2, 0.25) is 5.91 Å². The maximum Gasteiger partial charge on any atom is 0.334 e. The molecule has 1 aromatic carbocycles. The normalized spacial score (nSPS) is 14.4. The van der Waals surface area contributed by atoms with Crippen molar-refractivity contribution in [3.05, 3.63) is 35.4 Å². The summed E-state index contributed by atoms with van der Waals surface area (Å²) in [7, 11) is 0. The SMILES string of the molecule is CCCCN1C(=O)C(=O)N(CC(=O)NCCc2ccccc2C)C1=O. The summed E-state index contributed by atoms with van der Waals surface area (Å²) in [6.07, 6.45) is 2.08. The molecule has 134 valence electrons. The number of amides is 5. The van der Waals surface area contributed by atoms with Crippen LogP contribution in [0.2, 0.25) is 0 Å². The Labute approximate surface area is 147 Å². The van der Waals surface area contributed by atoms with Crippen molar-refractivity contribution in [3.63, 3.8) is 0 Å². The highest BCUT2D eigenvalue weighted by atomic mass is 16.2. The van der Waals surface area contributed by atoms with Crippen LogP contribution in [0.15, 0.2) is 24.3 Å². The molecular weight excluding hydrogens is 322 g/mol. The number of unbranched alkanes of at least 4 members (excludes halogenated alkanes) is 1. The van der Waals surface area contributed by atoms with Gasteiger partial charge in [-0.05, 0) is 30.9 Å². The van der Waals surface area contributed by atoms with Gasteiger partial charge in [-0.1, -0.05) is 37.6 Å². The van der Waals surface area contributed by atoms with Crippen LogP contribution < -0.4 is 5.32 Å². The summed E-state index contributed by atoms with van der Waals surface area (Å²) in [5.74, 6) is -2.25. The van der Waals surface area contributed by atoms with Gasteiger partial charge in [0.15, 0.2) is 0 Å². The van der Waals surface area contributed by atoms with Crippen LogP contribution in [0.3, 0.4) is 0 Å². The fourth-order valence-corrected chi connectivity index (χ4v) is 2.63. The van der Waals surface area contributed by atoms with Crippen LogP contribution in [-0.4, -0.2) is 53.2 Å². The largest absolute Gasteiger partial charge is 0.354 e. The average molecular weight is 345 g/mol. The van der Waals surface area contributed by atoms with Crippen LogP contribution in [0.1, 0.15) is 30.9 Å². The fraction of sp³-hybridized carbons (Fsp3) is 0.444. The molecule has 7 nitrogen and oxygen atoms in total. The van der Waals surface area contributed by atoms with Gasteiger partial charge < -0.3 is 5.32 Å². The van der Waals surface area contributed by atoms with Crippen molar-refractivity contribution < 1.29 is 19.2 Å². The second-order valence-corrected chi connectivity index (χ2v) is 6.01. The first kappa shape index (κ1) is 18.6. The Morgan fingerprint density at radius 1 is 1.08 bits per heavy atom. The van der Waals surface area contributed by atoms with Gasteiger partial charge in [-0.15, -0.1) is 0 Å². The highest BCUT2D eigenvalue weighted by Crippen LogP contribution is 2.13. The number of nitrogens with zero attached hydrogens (tertiary/aromatic N) is 2. The van der Waals surface area contributed by atoms with Crippen LogP contribution in [0, 0.1) is 6.92 Å². The maximum atomic E-state index is 12.1. The Morgan fingerprint density at radius 2 is 1.76 bits per heavy atom. The Hall–Kier alpha value is -2.70. The van der Waals surface area contributed by atoms with Crippen LogP contribution >= 0.6 is 0 Å². The summed E-state index contributed by atoms with van der Waals surface area (Å²) in [6.45, 7) is 4.08. The molecule has 1 heterocycles. The lowest BCUT2D eigenvalue weighted by molar-refractivity contribution is -0.144. The standard InChI is InChI=1S/C18H23N3O4/c1-3-4-11-20-16(23)17(24)21(18(20)25)12-15(22)19-10-9-14-8-6-5-7-13(14)2/h5-8H,3-4,9-12H2,1-2H3,(H,19,22). The minimum atomic E-state index is -0.935. The zero-order chi connectivity index (χ0) is 18.4. The van der Waals surface area contributed by atoms with Crippen molar-refractivity contribution in [2.24, 2.45) is 0 Å². The smallest absolute Gasteiger partial charge is 0.334 e. The molecule has 0 aromatic heterocycles. The Morgan fingerprint density at radius 3 is 2.44 bits per heavy atom. The molecule has 1 N–H and O–H groups in total. The lowest BCUT2D eigenvalue weighted by atomic mass is 10.1. The second kappa shape index (κ2) is 8.41. The first-order valence-electron chi connectivity index (χ1n) is 8.44. The number of carbonyl (C=O) groups is 4. The van der Waals surface area contributed by atoms with Crippen LogP contribution in [0.5, 0.6) is 0 Å². The molecule has 0 unspecified atom stereocenters. The van der Waals surface area contributed by atoms with Crippen LogP contribution in [-0.2, 0) is 20.8 Å². The van der Waals surface area contributed by atoms with Gasteiger partial charge in [0.05, 0.1) is 0 Å². The van der Waals surface area contributed by atoms with E-state index >= 15 is 0 Å². The van der Waals surface area contributed by atoms with Crippen molar-refractivity contribution in [3.8, 4) is 0 Å². The number of hydrogen-bond donors (Lipinski definition) is 1. The highest BCUT2D eigenvalue weighted by molar-refractivity contribution is 6.45. The minimum Gasteiger partial charge on any atom is -0.354 e. The highest BCUT2D eigenvalue weighted by Gasteiger charge is 2.44. The molecule has 1 aliphatic rings. The molecule has 0 atom stereocenters. The van der Waals surface area contributed by atoms with Crippen LogP contribution in [0.4, 0.5) is 4.79 Å². The molecule has 0 radical (unpaired) electrons. The van der Waals surface area contributed by atoms with Crippen molar-refractivity contribution in [1.29, 1.82) is 0 Å². The lowest BCUT2D eigenvalue weighted by Crippen LogP contribution is -2.42. The lowest BCUT2D eigenvalue weighted by Gasteiger charge is -2.15. The van der Waals surface area contributed by atoms with E-state index in [0.717, 1.165) is 22.4 Å². The number of nitrogens with one attached hydrogen (secondary N) is 1. The molecule has 5 amide bonds. The van der Waals surface area contributed by atoms with E-state index in [2.05, 4.69) is 5.32 Å². The average Bonchev–Trinajstić information content (AvgIpc) is 2.78. The number of urea groups is 1. The molecule has 1 aliphatic heterocycles. The number of imide groups is 2. The molecular formula is C18H23N3O4. The third-order valence-electron chi connectivity index (χ3n) is 4.15. The van der Waals surface area contributed by atoms with E-state index < -0.39 is 30.3 Å². The first-order valence-corrected chi connectivity index (χ1v) is 8.44. The number of hydrogen-bond acceptors (Lipinski definition) is 4. The molecule has 1 fully saturated rings. The Bertz CT molecular complexity index is 687. The van der Waals surface area contributed by atoms with E-state index in [1.807, 2.05) is 38.1 Å². The summed E-state index contributed by atoms with van der Waals surface area (Å²) in [6, 6.07) is 7.15. The summed E-state index contributed by atoms with van der Waals surface area (Å²) in [5.41, 5.74) is 2.26. The topological polar surface area (TPSA) is 86.8 Å². The van der Waals surface area contributed by atoms with Crippen molar-refractivity contribution in [2.75, 3.05) is 19.6 Å². The molecule has 0 spiro atoms. The summed E-state index contributed by atoms with van der Waals surface area (Å²) >= 11 is 0. The van der Waals surface area contributed by atoms with Crippen LogP contribution in [0.25, 0.3) is 0 Å². The van der Waals surface area contributed by atoms with Gasteiger partial charge in [-0.25, -0.2) is 9.69 Å². The molecule has 1 saturated heterocycles. The van der Waals surface area contributed by atoms with Gasteiger partial charge in [-0.2, -0.15) is 0 Å². The molecule has 0 aliphatic carbocycles. The quantitative estimate of drug-likeness (QED) is 0.567. The molecule has 0 bridgehead atoms. The molecule has 7 heteroatoms. The summed E-state index contributed by atoms with van der Waals surface area (Å²) in [5, 5.41) is 2.68. The number of aryl methyl sites for hydroxylation is 1. The molecule has 2 rings (SSSR count). The predicted octanol–water partition coefficient (Wildman–Crippen LogP) is 1.24. The third-order valence-corrected chi connectivity index (χ3v) is 4.15. The summed E-state index contributed by atoms with van der Waals surface area (Å²) in [4.78, 5) is 49.5. The van der Waals surface area contributed by atoms with Gasteiger partial charge in [0, 0.05) is 13.1 Å². The van der Waals surface area contributed by atoms with E-state index in [-0.39, 0.29) is 6.54 Å². The molecule has 1 aromatic rings. The Kier molecular flexibility index (Phi) is 6.27. The number of carbonyl (C=O) groups excluding carboxylic acids is 4. The van der Waals surface area contributed by atoms with Crippen molar-refractivity contribution in [1.82, 2.24) is 15.1 Å². The van der Waals surface area contributed by atoms with Crippen molar-refractivity contribution in [2.45, 2.75) is 33.1 Å². The Balaban J connectivity index is 1.85. The zero-order valence-corrected chi connectivity index (χ0v) is 14.6. The monoisotopic (exact) mass is 345 g/mol. The van der Waals surface area contributed by atoms with E-state index in [1.54, 1.807) is 0 Å². The van der Waals surface area contributed by atoms with E-state index in [9.17, 15) is 19.2 Å². The summed E-state index contributed by atoms with van der Waals surface area (Å²) < 4.78 is 0. The van der Waals surface area contributed by atoms with Gasteiger partial charge in [0.25, 0.3) is 0 Å².